The molecule has 1 aliphatic heterocycles. The highest BCUT2D eigenvalue weighted by Gasteiger charge is 2.33. The van der Waals surface area contributed by atoms with Gasteiger partial charge >= 0.3 is 0 Å². The zero-order valence-electron chi connectivity index (χ0n) is 11.8. The normalized spacial score (nSPS) is 26.9. The van der Waals surface area contributed by atoms with Gasteiger partial charge in [0.25, 0.3) is 5.91 Å². The zero-order chi connectivity index (χ0) is 13.2. The maximum atomic E-state index is 12.5. The van der Waals surface area contributed by atoms with E-state index in [2.05, 4.69) is 11.8 Å². The Kier molecular flexibility index (Phi) is 3.58. The van der Waals surface area contributed by atoms with Crippen LogP contribution in [0.2, 0.25) is 0 Å². The van der Waals surface area contributed by atoms with E-state index in [0.29, 0.717) is 0 Å². The minimum absolute atomic E-state index is 0.226. The Morgan fingerprint density at radius 2 is 1.74 bits per heavy atom. The number of carbonyl (C=O) groups is 1. The van der Waals surface area contributed by atoms with Gasteiger partial charge in [-0.2, -0.15) is 0 Å². The van der Waals surface area contributed by atoms with Crippen molar-refractivity contribution in [3.8, 4) is 0 Å². The predicted molar refractivity (Wildman–Crippen MR) is 77.1 cm³/mol. The monoisotopic (exact) mass is 257 g/mol. The number of hydrogen-bond donors (Lipinski definition) is 0. The second-order valence-electron chi connectivity index (χ2n) is 6.21. The van der Waals surface area contributed by atoms with Crippen molar-refractivity contribution < 1.29 is 4.79 Å². The van der Waals surface area contributed by atoms with Gasteiger partial charge in [0.2, 0.25) is 0 Å². The first-order chi connectivity index (χ1) is 9.24. The molecule has 1 aliphatic carbocycles. The predicted octanol–water partition coefficient (Wildman–Crippen LogP) is 3.65. The SMILES string of the molecule is Cc1ccc(C(=O)N2CCC3CCCCC3C2)cc1. The average molecular weight is 257 g/mol. The number of aryl methyl sites for hydroxylation is 1. The van der Waals surface area contributed by atoms with E-state index in [9.17, 15) is 4.79 Å². The summed E-state index contributed by atoms with van der Waals surface area (Å²) >= 11 is 0. The average Bonchev–Trinajstić information content (AvgIpc) is 2.47. The van der Waals surface area contributed by atoms with Crippen LogP contribution < -0.4 is 0 Å². The Labute approximate surface area is 115 Å². The third kappa shape index (κ3) is 2.68. The maximum absolute atomic E-state index is 12.5. The molecule has 0 radical (unpaired) electrons. The van der Waals surface area contributed by atoms with Crippen molar-refractivity contribution >= 4 is 5.91 Å². The fourth-order valence-electron chi connectivity index (χ4n) is 3.66. The summed E-state index contributed by atoms with van der Waals surface area (Å²) in [5, 5.41) is 0. The number of hydrogen-bond acceptors (Lipinski definition) is 1. The molecule has 0 spiro atoms. The molecule has 2 heteroatoms. The largest absolute Gasteiger partial charge is 0.338 e. The topological polar surface area (TPSA) is 20.3 Å². The highest BCUT2D eigenvalue weighted by molar-refractivity contribution is 5.94. The van der Waals surface area contributed by atoms with Crippen molar-refractivity contribution in [3.63, 3.8) is 0 Å². The van der Waals surface area contributed by atoms with Crippen LogP contribution in [0.25, 0.3) is 0 Å². The smallest absolute Gasteiger partial charge is 0.253 e. The van der Waals surface area contributed by atoms with E-state index in [0.717, 1.165) is 30.5 Å². The molecule has 0 aromatic heterocycles. The highest BCUT2D eigenvalue weighted by atomic mass is 16.2. The van der Waals surface area contributed by atoms with E-state index in [1.54, 1.807) is 0 Å². The number of amides is 1. The molecule has 1 saturated heterocycles. The Bertz CT molecular complexity index is 451. The Balaban J connectivity index is 1.69. The van der Waals surface area contributed by atoms with Crippen molar-refractivity contribution in [2.45, 2.75) is 39.0 Å². The lowest BCUT2D eigenvalue weighted by Crippen LogP contribution is -2.44. The minimum Gasteiger partial charge on any atom is -0.338 e. The fraction of sp³-hybridized carbons (Fsp3) is 0.588. The molecule has 3 rings (SSSR count). The van der Waals surface area contributed by atoms with E-state index in [1.165, 1.54) is 37.7 Å². The molecular formula is C17H23NO. The molecular weight excluding hydrogens is 234 g/mol. The summed E-state index contributed by atoms with van der Waals surface area (Å²) < 4.78 is 0. The van der Waals surface area contributed by atoms with Crippen LogP contribution in [0.5, 0.6) is 0 Å². The van der Waals surface area contributed by atoms with Crippen molar-refractivity contribution in [1.29, 1.82) is 0 Å². The summed E-state index contributed by atoms with van der Waals surface area (Å²) in [7, 11) is 0. The van der Waals surface area contributed by atoms with Gasteiger partial charge in [0.15, 0.2) is 0 Å². The summed E-state index contributed by atoms with van der Waals surface area (Å²) in [6.07, 6.45) is 6.67. The van der Waals surface area contributed by atoms with Gasteiger partial charge in [0.05, 0.1) is 0 Å². The summed E-state index contributed by atoms with van der Waals surface area (Å²) in [5.74, 6) is 1.87. The van der Waals surface area contributed by atoms with Crippen LogP contribution in [0, 0.1) is 18.8 Å². The number of carbonyl (C=O) groups excluding carboxylic acids is 1. The minimum atomic E-state index is 0.226. The van der Waals surface area contributed by atoms with Crippen molar-refractivity contribution in [3.05, 3.63) is 35.4 Å². The Morgan fingerprint density at radius 3 is 2.47 bits per heavy atom. The molecule has 2 fully saturated rings. The molecule has 1 aromatic rings. The fourth-order valence-corrected chi connectivity index (χ4v) is 3.66. The quantitative estimate of drug-likeness (QED) is 0.752. The van der Waals surface area contributed by atoms with Gasteiger partial charge in [-0.25, -0.2) is 0 Å². The van der Waals surface area contributed by atoms with E-state index >= 15 is 0 Å². The van der Waals surface area contributed by atoms with Crippen LogP contribution >= 0.6 is 0 Å². The third-order valence-electron chi connectivity index (χ3n) is 4.88. The summed E-state index contributed by atoms with van der Waals surface area (Å²) in [4.78, 5) is 14.6. The van der Waals surface area contributed by atoms with Crippen molar-refractivity contribution in [1.82, 2.24) is 4.90 Å². The number of likely N-dealkylation sites (tertiary alicyclic amines) is 1. The van der Waals surface area contributed by atoms with E-state index < -0.39 is 0 Å². The first-order valence-corrected chi connectivity index (χ1v) is 7.60. The van der Waals surface area contributed by atoms with E-state index in [-0.39, 0.29) is 5.91 Å². The van der Waals surface area contributed by atoms with E-state index in [1.807, 2.05) is 24.3 Å². The lowest BCUT2D eigenvalue weighted by Gasteiger charge is -2.41. The number of nitrogens with zero attached hydrogens (tertiary/aromatic N) is 1. The lowest BCUT2D eigenvalue weighted by atomic mass is 9.75. The summed E-state index contributed by atoms with van der Waals surface area (Å²) in [6, 6.07) is 7.98. The molecule has 2 atom stereocenters. The second-order valence-corrected chi connectivity index (χ2v) is 6.21. The van der Waals surface area contributed by atoms with Crippen LogP contribution in [-0.4, -0.2) is 23.9 Å². The molecule has 19 heavy (non-hydrogen) atoms. The zero-order valence-corrected chi connectivity index (χ0v) is 11.8. The molecule has 102 valence electrons. The second kappa shape index (κ2) is 5.36. The Hall–Kier alpha value is -1.31. The molecule has 1 aromatic carbocycles. The third-order valence-corrected chi connectivity index (χ3v) is 4.88. The first-order valence-electron chi connectivity index (χ1n) is 7.60. The van der Waals surface area contributed by atoms with Crippen LogP contribution in [0.15, 0.2) is 24.3 Å². The van der Waals surface area contributed by atoms with E-state index in [4.69, 9.17) is 0 Å². The lowest BCUT2D eigenvalue weighted by molar-refractivity contribution is 0.0521. The molecule has 1 amide bonds. The van der Waals surface area contributed by atoms with Gasteiger partial charge in [-0.1, -0.05) is 37.0 Å². The Morgan fingerprint density at radius 1 is 1.05 bits per heavy atom. The van der Waals surface area contributed by atoms with Gasteiger partial charge in [-0.05, 0) is 43.7 Å². The highest BCUT2D eigenvalue weighted by Crippen LogP contribution is 2.36. The van der Waals surface area contributed by atoms with Crippen LogP contribution in [-0.2, 0) is 0 Å². The van der Waals surface area contributed by atoms with Gasteiger partial charge in [-0.15, -0.1) is 0 Å². The number of piperidine rings is 1. The maximum Gasteiger partial charge on any atom is 0.253 e. The molecule has 1 saturated carbocycles. The van der Waals surface area contributed by atoms with Crippen LogP contribution in [0.1, 0.15) is 48.0 Å². The molecule has 0 N–H and O–H groups in total. The summed E-state index contributed by atoms with van der Waals surface area (Å²) in [6.45, 7) is 3.99. The number of fused-ring (bicyclic) bond motifs is 1. The first kappa shape index (κ1) is 12.7. The number of rotatable bonds is 1. The van der Waals surface area contributed by atoms with Crippen molar-refractivity contribution in [2.24, 2.45) is 11.8 Å². The molecule has 2 unspecified atom stereocenters. The number of benzene rings is 1. The van der Waals surface area contributed by atoms with Crippen LogP contribution in [0.4, 0.5) is 0 Å². The summed E-state index contributed by atoms with van der Waals surface area (Å²) in [5.41, 5.74) is 2.06. The van der Waals surface area contributed by atoms with Crippen molar-refractivity contribution in [2.75, 3.05) is 13.1 Å². The van der Waals surface area contributed by atoms with Gasteiger partial charge in [0.1, 0.15) is 0 Å². The molecule has 0 bridgehead atoms. The van der Waals surface area contributed by atoms with Gasteiger partial charge in [0, 0.05) is 18.7 Å². The van der Waals surface area contributed by atoms with Crippen LogP contribution in [0.3, 0.4) is 0 Å². The van der Waals surface area contributed by atoms with Gasteiger partial charge < -0.3 is 4.90 Å². The molecule has 2 aliphatic rings. The standard InChI is InChI=1S/C17H23NO/c1-13-6-8-15(9-7-13)17(19)18-11-10-14-4-2-3-5-16(14)12-18/h6-9,14,16H,2-5,10-12H2,1H3. The van der Waals surface area contributed by atoms with Gasteiger partial charge in [-0.3, -0.25) is 4.79 Å². The molecule has 1 heterocycles. The molecule has 2 nitrogen and oxygen atoms in total.